The van der Waals surface area contributed by atoms with Gasteiger partial charge in [0.25, 0.3) is 0 Å². The van der Waals surface area contributed by atoms with Crippen LogP contribution in [0.3, 0.4) is 0 Å². The first kappa shape index (κ1) is 25.1. The lowest BCUT2D eigenvalue weighted by Crippen LogP contribution is -2.44. The Hall–Kier alpha value is -2.99. The molecule has 6 nitrogen and oxygen atoms in total. The molecule has 1 aliphatic heterocycles. The van der Waals surface area contributed by atoms with Crippen LogP contribution in [0, 0.1) is 17.3 Å². The van der Waals surface area contributed by atoms with Crippen LogP contribution in [-0.2, 0) is 11.3 Å². The van der Waals surface area contributed by atoms with Gasteiger partial charge in [-0.25, -0.2) is 4.39 Å². The molecule has 8 heteroatoms. The maximum atomic E-state index is 15.8. The molecular weight excluding hydrogens is 465 g/mol. The highest BCUT2D eigenvalue weighted by Gasteiger charge is 2.41. The van der Waals surface area contributed by atoms with Crippen LogP contribution in [0.1, 0.15) is 47.9 Å². The number of halogens is 1. The predicted molar refractivity (Wildman–Crippen MR) is 136 cm³/mol. The van der Waals surface area contributed by atoms with Gasteiger partial charge >= 0.3 is 5.97 Å². The zero-order valence-corrected chi connectivity index (χ0v) is 20.6. The van der Waals surface area contributed by atoms with Gasteiger partial charge in [-0.1, -0.05) is 17.9 Å². The molecule has 3 aromatic rings. The smallest absolute Gasteiger partial charge is 0.309 e. The van der Waals surface area contributed by atoms with Crippen molar-refractivity contribution in [2.24, 2.45) is 11.1 Å². The van der Waals surface area contributed by atoms with E-state index >= 15 is 4.39 Å². The molecule has 3 N–H and O–H groups in total. The van der Waals surface area contributed by atoms with Gasteiger partial charge in [-0.15, -0.1) is 11.3 Å². The summed E-state index contributed by atoms with van der Waals surface area (Å²) >= 11 is 1.60. The number of carboxylic acid groups (broad SMARTS) is 1. The third kappa shape index (κ3) is 5.64. The second kappa shape index (κ2) is 11.2. The third-order valence-corrected chi connectivity index (χ3v) is 7.70. The molecule has 0 aliphatic carbocycles. The highest BCUT2D eigenvalue weighted by atomic mass is 32.1. The molecule has 184 valence electrons. The summed E-state index contributed by atoms with van der Waals surface area (Å²) in [5.41, 5.74) is 6.73. The van der Waals surface area contributed by atoms with E-state index in [1.165, 1.54) is 0 Å². The van der Waals surface area contributed by atoms with Gasteiger partial charge in [-0.05, 0) is 60.9 Å². The number of fused-ring (bicyclic) bond motifs is 1. The Labute approximate surface area is 208 Å². The molecule has 1 fully saturated rings. The van der Waals surface area contributed by atoms with Crippen molar-refractivity contribution in [2.75, 3.05) is 26.7 Å². The maximum absolute atomic E-state index is 15.8. The van der Waals surface area contributed by atoms with E-state index in [1.54, 1.807) is 42.8 Å². The lowest BCUT2D eigenvalue weighted by molar-refractivity contribution is -0.152. The number of hydrogen-bond acceptors (Lipinski definition) is 6. The van der Waals surface area contributed by atoms with Crippen LogP contribution in [0.4, 0.5) is 4.39 Å². The molecule has 1 saturated heterocycles. The van der Waals surface area contributed by atoms with E-state index in [1.807, 2.05) is 17.5 Å². The molecule has 0 bridgehead atoms. The molecule has 1 aliphatic rings. The van der Waals surface area contributed by atoms with Crippen LogP contribution >= 0.6 is 11.3 Å². The number of nitrogens with zero attached hydrogens (tertiary/aromatic N) is 2. The fraction of sp³-hybridized carbons (Fsp3) is 0.407. The number of ether oxygens (including phenoxy) is 1. The molecule has 0 spiro atoms. The summed E-state index contributed by atoms with van der Waals surface area (Å²) in [6.07, 6.45) is 1.58. The number of carbonyl (C=O) groups is 1. The number of rotatable bonds is 8. The van der Waals surface area contributed by atoms with Crippen LogP contribution in [-0.4, -0.2) is 47.7 Å². The first-order chi connectivity index (χ1) is 17.0. The number of nitrogens with two attached hydrogens (primary N) is 1. The second-order valence-electron chi connectivity index (χ2n) is 8.93. The first-order valence-corrected chi connectivity index (χ1v) is 12.6. The van der Waals surface area contributed by atoms with Crippen molar-refractivity contribution in [1.82, 2.24) is 9.88 Å². The van der Waals surface area contributed by atoms with Crippen LogP contribution in [0.2, 0.25) is 0 Å². The van der Waals surface area contributed by atoms with Crippen molar-refractivity contribution in [3.63, 3.8) is 0 Å². The SMILES string of the molecule is COc1ccc2ncc(CN)c(C(F)CCC3(C(=O)O)CCN(CC#Cc4cccs4)CC3)c2c1. The van der Waals surface area contributed by atoms with Crippen molar-refractivity contribution in [1.29, 1.82) is 0 Å². The number of pyridine rings is 1. The third-order valence-electron chi connectivity index (χ3n) is 6.91. The fourth-order valence-corrected chi connectivity index (χ4v) is 5.33. The highest BCUT2D eigenvalue weighted by Crippen LogP contribution is 2.41. The van der Waals surface area contributed by atoms with Gasteiger partial charge in [0.05, 0.1) is 29.5 Å². The Balaban J connectivity index is 1.46. The molecule has 35 heavy (non-hydrogen) atoms. The van der Waals surface area contributed by atoms with E-state index in [2.05, 4.69) is 21.7 Å². The zero-order chi connectivity index (χ0) is 24.8. The number of alkyl halides is 1. The van der Waals surface area contributed by atoms with Crippen LogP contribution < -0.4 is 10.5 Å². The number of methoxy groups -OCH3 is 1. The standard InChI is InChI=1S/C27H30FN3O3S/c1-34-20-6-7-24-22(16-20)25(19(17-29)18-30-24)23(28)8-9-27(26(32)33)10-13-31(14-11-27)12-2-4-21-5-3-15-35-21/h3,5-7,15-16,18,23H,8-14,17,29H2,1H3,(H,32,33). The number of thiophene rings is 1. The molecule has 0 amide bonds. The number of piperidine rings is 1. The molecule has 1 aromatic carbocycles. The number of carboxylic acids is 1. The van der Waals surface area contributed by atoms with Crippen LogP contribution in [0.25, 0.3) is 10.9 Å². The van der Waals surface area contributed by atoms with Crippen molar-refractivity contribution in [2.45, 2.75) is 38.4 Å². The topological polar surface area (TPSA) is 88.7 Å². The number of hydrogen-bond donors (Lipinski definition) is 2. The molecule has 0 saturated carbocycles. The molecule has 0 radical (unpaired) electrons. The van der Waals surface area contributed by atoms with Gasteiger partial charge in [-0.3, -0.25) is 14.7 Å². The summed E-state index contributed by atoms with van der Waals surface area (Å²) in [5.74, 6) is 6.08. The molecule has 3 heterocycles. The minimum Gasteiger partial charge on any atom is -0.497 e. The van der Waals surface area contributed by atoms with Crippen molar-refractivity contribution >= 4 is 28.2 Å². The van der Waals surface area contributed by atoms with Crippen molar-refractivity contribution in [3.05, 3.63) is 57.9 Å². The second-order valence-corrected chi connectivity index (χ2v) is 9.88. The summed E-state index contributed by atoms with van der Waals surface area (Å²) in [7, 11) is 1.56. The number of aromatic nitrogens is 1. The van der Waals surface area contributed by atoms with Gasteiger partial charge in [0.2, 0.25) is 0 Å². The molecular formula is C27H30FN3O3S. The Morgan fingerprint density at radius 1 is 1.37 bits per heavy atom. The number of aliphatic carboxylic acids is 1. The Morgan fingerprint density at radius 2 is 2.17 bits per heavy atom. The maximum Gasteiger partial charge on any atom is 0.309 e. The summed E-state index contributed by atoms with van der Waals surface area (Å²) < 4.78 is 21.1. The molecule has 2 aromatic heterocycles. The van der Waals surface area contributed by atoms with E-state index in [4.69, 9.17) is 10.5 Å². The van der Waals surface area contributed by atoms with Gasteiger partial charge < -0.3 is 15.6 Å². The number of likely N-dealkylation sites (tertiary alicyclic amines) is 1. The quantitative estimate of drug-likeness (QED) is 0.438. The summed E-state index contributed by atoms with van der Waals surface area (Å²) in [5, 5.41) is 12.7. The Bertz CT molecular complexity index is 1220. The van der Waals surface area contributed by atoms with Gasteiger partial charge in [-0.2, -0.15) is 0 Å². The molecule has 1 atom stereocenters. The minimum absolute atomic E-state index is 0.105. The summed E-state index contributed by atoms with van der Waals surface area (Å²) in [6, 6.07) is 9.30. The molecule has 4 rings (SSSR count). The van der Waals surface area contributed by atoms with E-state index in [0.717, 1.165) is 4.88 Å². The van der Waals surface area contributed by atoms with Crippen molar-refractivity contribution < 1.29 is 19.0 Å². The van der Waals surface area contributed by atoms with E-state index in [-0.39, 0.29) is 19.4 Å². The Kier molecular flexibility index (Phi) is 8.01. The van der Waals surface area contributed by atoms with Crippen LogP contribution in [0.15, 0.2) is 41.9 Å². The average Bonchev–Trinajstić information content (AvgIpc) is 3.40. The summed E-state index contributed by atoms with van der Waals surface area (Å²) in [4.78, 5) is 19.9. The lowest BCUT2D eigenvalue weighted by Gasteiger charge is -2.38. The predicted octanol–water partition coefficient (Wildman–Crippen LogP) is 4.77. The van der Waals surface area contributed by atoms with Crippen LogP contribution in [0.5, 0.6) is 5.75 Å². The van der Waals surface area contributed by atoms with Gasteiger partial charge in [0.1, 0.15) is 11.9 Å². The zero-order valence-electron chi connectivity index (χ0n) is 19.8. The van der Waals surface area contributed by atoms with E-state index in [9.17, 15) is 9.90 Å². The van der Waals surface area contributed by atoms with E-state index < -0.39 is 17.6 Å². The highest BCUT2D eigenvalue weighted by molar-refractivity contribution is 7.10. The Morgan fingerprint density at radius 3 is 2.83 bits per heavy atom. The number of benzene rings is 1. The fourth-order valence-electron chi connectivity index (χ4n) is 4.74. The minimum atomic E-state index is -1.35. The van der Waals surface area contributed by atoms with Gasteiger partial charge in [0, 0.05) is 36.8 Å². The van der Waals surface area contributed by atoms with Gasteiger partial charge in [0.15, 0.2) is 0 Å². The monoisotopic (exact) mass is 495 g/mol. The van der Waals surface area contributed by atoms with E-state index in [0.29, 0.717) is 60.3 Å². The van der Waals surface area contributed by atoms with Crippen molar-refractivity contribution in [3.8, 4) is 17.6 Å². The first-order valence-electron chi connectivity index (χ1n) is 11.7. The summed E-state index contributed by atoms with van der Waals surface area (Å²) in [6.45, 7) is 2.02. The average molecular weight is 496 g/mol. The molecule has 1 unspecified atom stereocenters. The normalized spacial score (nSPS) is 16.4. The lowest BCUT2D eigenvalue weighted by atomic mass is 9.74. The largest absolute Gasteiger partial charge is 0.497 e.